The van der Waals surface area contributed by atoms with Gasteiger partial charge >= 0.3 is 17.1 Å². The zero-order valence-corrected chi connectivity index (χ0v) is 25.9. The summed E-state index contributed by atoms with van der Waals surface area (Å²) in [6, 6.07) is 39.8. The van der Waals surface area contributed by atoms with Crippen LogP contribution in [-0.2, 0) is 17.1 Å². The molecule has 0 amide bonds. The van der Waals surface area contributed by atoms with Crippen molar-refractivity contribution in [1.29, 1.82) is 0 Å². The Morgan fingerprint density at radius 1 is 0.439 bits per heavy atom. The van der Waals surface area contributed by atoms with Crippen LogP contribution in [0.15, 0.2) is 121 Å². The van der Waals surface area contributed by atoms with Gasteiger partial charge in [0.25, 0.3) is 16.8 Å². The molecule has 2 saturated carbocycles. The van der Waals surface area contributed by atoms with Gasteiger partial charge in [0.2, 0.25) is 0 Å². The average molecular weight is 626 g/mol. The average Bonchev–Trinajstić information content (AvgIpc) is 3.75. The van der Waals surface area contributed by atoms with Crippen molar-refractivity contribution in [1.82, 2.24) is 0 Å². The molecule has 0 aromatic heterocycles. The molecule has 0 radical (unpaired) electrons. The molecule has 0 saturated heterocycles. The van der Waals surface area contributed by atoms with Crippen molar-refractivity contribution in [3.63, 3.8) is 0 Å². The molecule has 0 aliphatic heterocycles. The molecule has 2 atom stereocenters. The molecule has 0 bridgehead atoms. The van der Waals surface area contributed by atoms with Gasteiger partial charge in [-0.25, -0.2) is 0 Å². The number of rotatable bonds is 10. The molecule has 6 rings (SSSR count). The minimum absolute atomic E-state index is 0. The van der Waals surface area contributed by atoms with Crippen LogP contribution < -0.4 is 18.1 Å². The minimum Gasteiger partial charge on any atom is -0.440 e. The van der Waals surface area contributed by atoms with Crippen molar-refractivity contribution in [3.05, 3.63) is 134 Å². The monoisotopic (exact) mass is 626 g/mol. The normalized spacial score (nSPS) is 17.7. The molecule has 0 spiro atoms. The van der Waals surface area contributed by atoms with Crippen LogP contribution in [0.3, 0.4) is 0 Å². The van der Waals surface area contributed by atoms with Crippen LogP contribution >= 0.6 is 16.8 Å². The fourth-order valence-electron chi connectivity index (χ4n) is 4.54. The van der Waals surface area contributed by atoms with Crippen LogP contribution in [0.25, 0.3) is 0 Å². The number of hydrogen-bond donors (Lipinski definition) is 0. The molecular weight excluding hydrogens is 590 g/mol. The maximum atomic E-state index is 6.11. The van der Waals surface area contributed by atoms with Crippen molar-refractivity contribution in [3.8, 4) is 23.0 Å². The molecule has 2 aliphatic rings. The maximum Gasteiger partial charge on any atom is 2.00 e. The van der Waals surface area contributed by atoms with Crippen LogP contribution in [0.5, 0.6) is 23.0 Å². The van der Waals surface area contributed by atoms with Crippen LogP contribution in [0, 0.1) is 12.8 Å². The Morgan fingerprint density at radius 2 is 0.707 bits per heavy atom. The Hall–Kier alpha value is -2.54. The first-order chi connectivity index (χ1) is 19.8. The Bertz CT molecular complexity index is 1040. The molecular formula is C34H36FeO4P2. The number of para-hydroxylation sites is 4. The molecule has 214 valence electrons. The van der Waals surface area contributed by atoms with E-state index in [1.165, 1.54) is 25.7 Å². The first-order valence-corrected chi connectivity index (χ1v) is 16.5. The molecule has 7 heteroatoms. The van der Waals surface area contributed by atoms with E-state index in [1.54, 1.807) is 0 Å². The quantitative estimate of drug-likeness (QED) is 0.0998. The second kappa shape index (κ2) is 17.4. The molecule has 4 nitrogen and oxygen atoms in total. The summed E-state index contributed by atoms with van der Waals surface area (Å²) in [7, 11) is -1.94. The van der Waals surface area contributed by atoms with Crippen LogP contribution in [0.4, 0.5) is 0 Å². The van der Waals surface area contributed by atoms with Gasteiger partial charge in [0.15, 0.2) is 0 Å². The Balaban J connectivity index is 0.000000184. The SMILES string of the molecule is [Fe+2].c1ccc(OP(Oc2ccccc2)[C@@H]2[CH-]CCC2)cc1.c1ccc(OP(Oc2ccccc2)[C@H]2[CH-]CCC2)cc1. The smallest absolute Gasteiger partial charge is 0.440 e. The largest absolute Gasteiger partial charge is 2.00 e. The Labute approximate surface area is 258 Å². The van der Waals surface area contributed by atoms with Gasteiger partial charge in [-0.05, 0) is 48.5 Å². The third kappa shape index (κ3) is 10.4. The number of hydrogen-bond acceptors (Lipinski definition) is 4. The zero-order chi connectivity index (χ0) is 27.2. The standard InChI is InChI=1S/2C17H18O2P.Fe/c2*1-3-9-15(10-4-1)18-20(17-13-7-8-14-17)19-16-11-5-2-6-12-16;/h2*1-6,9-13,17H,7-8,14H2;/q2*-1;+2/t2*17-;/m10./s1. The van der Waals surface area contributed by atoms with Crippen molar-refractivity contribution in [2.24, 2.45) is 0 Å². The van der Waals surface area contributed by atoms with Gasteiger partial charge in [-0.1, -0.05) is 110 Å². The molecule has 4 aromatic carbocycles. The molecule has 2 fully saturated rings. The second-order valence-electron chi connectivity index (χ2n) is 9.66. The minimum atomic E-state index is -0.970. The molecule has 4 aromatic rings. The molecule has 2 aliphatic carbocycles. The van der Waals surface area contributed by atoms with Gasteiger partial charge in [0.05, 0.1) is 0 Å². The van der Waals surface area contributed by atoms with E-state index in [9.17, 15) is 0 Å². The van der Waals surface area contributed by atoms with E-state index in [-0.39, 0.29) is 17.1 Å². The molecule has 41 heavy (non-hydrogen) atoms. The third-order valence-electron chi connectivity index (χ3n) is 6.58. The Morgan fingerprint density at radius 3 is 0.927 bits per heavy atom. The van der Waals surface area contributed by atoms with Gasteiger partial charge in [0.1, 0.15) is 23.0 Å². The van der Waals surface area contributed by atoms with Crippen LogP contribution in [0.2, 0.25) is 0 Å². The molecule has 0 N–H and O–H groups in total. The van der Waals surface area contributed by atoms with Gasteiger partial charge in [0, 0.05) is 0 Å². The van der Waals surface area contributed by atoms with E-state index in [0.29, 0.717) is 11.3 Å². The van der Waals surface area contributed by atoms with Gasteiger partial charge < -0.3 is 30.9 Å². The van der Waals surface area contributed by atoms with E-state index < -0.39 is 16.8 Å². The summed E-state index contributed by atoms with van der Waals surface area (Å²) in [6.45, 7) is 0. The van der Waals surface area contributed by atoms with Gasteiger partial charge in [-0.3, -0.25) is 0 Å². The summed E-state index contributed by atoms with van der Waals surface area (Å²) in [5.74, 6) is 3.54. The first kappa shape index (κ1) is 31.4. The van der Waals surface area contributed by atoms with E-state index in [2.05, 4.69) is 12.8 Å². The summed E-state index contributed by atoms with van der Waals surface area (Å²) in [6.07, 6.45) is 11.8. The van der Waals surface area contributed by atoms with E-state index >= 15 is 0 Å². The summed E-state index contributed by atoms with van der Waals surface area (Å²) in [5, 5.41) is 0. The van der Waals surface area contributed by atoms with Crippen molar-refractivity contribution in [2.45, 2.75) is 49.8 Å². The predicted molar refractivity (Wildman–Crippen MR) is 166 cm³/mol. The topological polar surface area (TPSA) is 36.9 Å². The maximum absolute atomic E-state index is 6.11. The van der Waals surface area contributed by atoms with Crippen molar-refractivity contribution < 1.29 is 35.2 Å². The number of benzene rings is 4. The van der Waals surface area contributed by atoms with Crippen LogP contribution in [0.1, 0.15) is 38.5 Å². The zero-order valence-electron chi connectivity index (χ0n) is 23.0. The molecule has 0 unspecified atom stereocenters. The van der Waals surface area contributed by atoms with Gasteiger partial charge in [-0.2, -0.15) is 12.8 Å². The second-order valence-corrected chi connectivity index (χ2v) is 12.9. The van der Waals surface area contributed by atoms with Crippen molar-refractivity contribution in [2.75, 3.05) is 0 Å². The van der Waals surface area contributed by atoms with E-state index in [1.807, 2.05) is 121 Å². The third-order valence-corrected chi connectivity index (χ3v) is 10.2. The Kier molecular flexibility index (Phi) is 13.3. The fourth-order valence-corrected chi connectivity index (χ4v) is 7.91. The molecule has 0 heterocycles. The summed E-state index contributed by atoms with van der Waals surface area (Å²) in [5.41, 5.74) is 0.843. The summed E-state index contributed by atoms with van der Waals surface area (Å²) in [4.78, 5) is 0. The summed E-state index contributed by atoms with van der Waals surface area (Å²) < 4.78 is 24.5. The van der Waals surface area contributed by atoms with E-state index in [4.69, 9.17) is 18.1 Å². The fraction of sp³-hybridized carbons (Fsp3) is 0.235. The predicted octanol–water partition coefficient (Wildman–Crippen LogP) is 10.4. The summed E-state index contributed by atoms with van der Waals surface area (Å²) >= 11 is 0. The van der Waals surface area contributed by atoms with Crippen LogP contribution in [-0.4, -0.2) is 11.3 Å². The van der Waals surface area contributed by atoms with Crippen molar-refractivity contribution >= 4 is 16.8 Å². The van der Waals surface area contributed by atoms with Gasteiger partial charge in [-0.15, -0.1) is 0 Å². The van der Waals surface area contributed by atoms with E-state index in [0.717, 1.165) is 35.8 Å². The first-order valence-electron chi connectivity index (χ1n) is 14.0.